The van der Waals surface area contributed by atoms with E-state index in [9.17, 15) is 4.79 Å². The zero-order valence-electron chi connectivity index (χ0n) is 13.7. The molecule has 1 N–H and O–H groups in total. The van der Waals surface area contributed by atoms with Crippen LogP contribution in [0.1, 0.15) is 22.8 Å². The van der Waals surface area contributed by atoms with E-state index in [0.29, 0.717) is 25.3 Å². The van der Waals surface area contributed by atoms with E-state index in [0.717, 1.165) is 22.2 Å². The van der Waals surface area contributed by atoms with Crippen molar-refractivity contribution in [2.45, 2.75) is 20.4 Å². The number of esters is 1. The molecule has 7 nitrogen and oxygen atoms in total. The van der Waals surface area contributed by atoms with Gasteiger partial charge in [0.25, 0.3) is 0 Å². The molecule has 2 aromatic heterocycles. The molecule has 3 aromatic rings. The summed E-state index contributed by atoms with van der Waals surface area (Å²) < 4.78 is 6.88. The largest absolute Gasteiger partial charge is 0.462 e. The predicted octanol–water partition coefficient (Wildman–Crippen LogP) is 2.42. The number of carbonyl (C=O) groups is 1. The number of aromatic nitrogens is 4. The van der Waals surface area contributed by atoms with Gasteiger partial charge in [-0.05, 0) is 26.0 Å². The van der Waals surface area contributed by atoms with Gasteiger partial charge in [0.15, 0.2) is 0 Å². The molecule has 0 aliphatic carbocycles. The first-order valence-corrected chi connectivity index (χ1v) is 7.83. The highest BCUT2D eigenvalue weighted by atomic mass is 16.5. The fraction of sp³-hybridized carbons (Fsp3) is 0.294. The molecule has 2 heterocycles. The molecule has 24 heavy (non-hydrogen) atoms. The zero-order valence-corrected chi connectivity index (χ0v) is 13.7. The summed E-state index contributed by atoms with van der Waals surface area (Å²) in [4.78, 5) is 16.6. The van der Waals surface area contributed by atoms with Crippen molar-refractivity contribution in [1.82, 2.24) is 20.0 Å². The number of aryl methyl sites for hydroxylation is 1. The number of nitrogens with zero attached hydrogens (tertiary/aromatic N) is 4. The van der Waals surface area contributed by atoms with Gasteiger partial charge >= 0.3 is 5.97 Å². The summed E-state index contributed by atoms with van der Waals surface area (Å²) in [6.45, 7) is 5.35. The number of nitrogens with one attached hydrogen (secondary N) is 1. The molecule has 3 rings (SSSR count). The predicted molar refractivity (Wildman–Crippen MR) is 90.9 cm³/mol. The number of pyridine rings is 1. The summed E-state index contributed by atoms with van der Waals surface area (Å²) in [5, 5.41) is 11.9. The smallest absolute Gasteiger partial charge is 0.341 e. The van der Waals surface area contributed by atoms with E-state index in [-0.39, 0.29) is 5.97 Å². The maximum absolute atomic E-state index is 12.3. The third-order valence-electron chi connectivity index (χ3n) is 3.63. The Morgan fingerprint density at radius 3 is 3.00 bits per heavy atom. The van der Waals surface area contributed by atoms with Crippen LogP contribution in [0.4, 0.5) is 5.69 Å². The second kappa shape index (κ2) is 7.08. The molecule has 0 radical (unpaired) electrons. The first-order chi connectivity index (χ1) is 11.7. The molecule has 1 aromatic carbocycles. The van der Waals surface area contributed by atoms with Crippen molar-refractivity contribution in [3.05, 3.63) is 47.9 Å². The lowest BCUT2D eigenvalue weighted by Gasteiger charge is -2.14. The molecule has 0 amide bonds. The minimum Gasteiger partial charge on any atom is -0.462 e. The van der Waals surface area contributed by atoms with E-state index in [1.807, 2.05) is 25.1 Å². The summed E-state index contributed by atoms with van der Waals surface area (Å²) >= 11 is 0. The number of anilines is 1. The number of rotatable bonds is 6. The van der Waals surface area contributed by atoms with Crippen LogP contribution in [-0.4, -0.2) is 39.1 Å². The SMILES string of the molecule is CCOC(=O)c1cnc2ccc(C)cc2c1NCCn1ccnn1. The second-order valence-corrected chi connectivity index (χ2v) is 5.38. The van der Waals surface area contributed by atoms with Crippen molar-refractivity contribution in [2.75, 3.05) is 18.5 Å². The Morgan fingerprint density at radius 1 is 1.38 bits per heavy atom. The molecule has 7 heteroatoms. The van der Waals surface area contributed by atoms with Gasteiger partial charge in [0.1, 0.15) is 5.56 Å². The Bertz CT molecular complexity index is 846. The highest BCUT2D eigenvalue weighted by Gasteiger charge is 2.16. The Balaban J connectivity index is 1.94. The molecular weight excluding hydrogens is 306 g/mol. The number of benzene rings is 1. The van der Waals surface area contributed by atoms with Gasteiger partial charge in [-0.1, -0.05) is 16.8 Å². The summed E-state index contributed by atoms with van der Waals surface area (Å²) in [7, 11) is 0. The van der Waals surface area contributed by atoms with E-state index < -0.39 is 0 Å². The second-order valence-electron chi connectivity index (χ2n) is 5.38. The molecule has 0 atom stereocenters. The lowest BCUT2D eigenvalue weighted by atomic mass is 10.1. The molecule has 0 saturated heterocycles. The Kier molecular flexibility index (Phi) is 4.69. The van der Waals surface area contributed by atoms with Gasteiger partial charge in [0.2, 0.25) is 0 Å². The van der Waals surface area contributed by atoms with E-state index in [1.165, 1.54) is 0 Å². The fourth-order valence-corrected chi connectivity index (χ4v) is 2.51. The summed E-state index contributed by atoms with van der Waals surface area (Å²) in [5.74, 6) is -0.378. The van der Waals surface area contributed by atoms with Gasteiger partial charge in [-0.2, -0.15) is 0 Å². The highest BCUT2D eigenvalue weighted by molar-refractivity contribution is 6.05. The van der Waals surface area contributed by atoms with Crippen molar-refractivity contribution in [3.8, 4) is 0 Å². The molecule has 0 aliphatic rings. The van der Waals surface area contributed by atoms with Crippen LogP contribution in [0.5, 0.6) is 0 Å². The Morgan fingerprint density at radius 2 is 2.25 bits per heavy atom. The topological polar surface area (TPSA) is 81.9 Å². The molecule has 0 saturated carbocycles. The van der Waals surface area contributed by atoms with Crippen molar-refractivity contribution in [2.24, 2.45) is 0 Å². The summed E-state index contributed by atoms with van der Waals surface area (Å²) in [6.07, 6.45) is 4.99. The van der Waals surface area contributed by atoms with Crippen molar-refractivity contribution < 1.29 is 9.53 Å². The van der Waals surface area contributed by atoms with Gasteiger partial charge in [-0.15, -0.1) is 5.10 Å². The molecule has 0 bridgehead atoms. The van der Waals surface area contributed by atoms with Crippen LogP contribution >= 0.6 is 0 Å². The number of carbonyl (C=O) groups excluding carboxylic acids is 1. The standard InChI is InChI=1S/C17H19N5O2/c1-3-24-17(23)14-11-19-15-5-4-12(2)10-13(15)16(14)18-6-8-22-9-7-20-21-22/h4-5,7,9-11H,3,6,8H2,1-2H3,(H,18,19). The quantitative estimate of drug-likeness (QED) is 0.701. The Hall–Kier alpha value is -2.96. The van der Waals surface area contributed by atoms with Gasteiger partial charge < -0.3 is 10.1 Å². The maximum atomic E-state index is 12.3. The number of hydrogen-bond acceptors (Lipinski definition) is 6. The fourth-order valence-electron chi connectivity index (χ4n) is 2.51. The first-order valence-electron chi connectivity index (χ1n) is 7.83. The summed E-state index contributed by atoms with van der Waals surface area (Å²) in [6, 6.07) is 5.96. The first kappa shape index (κ1) is 15.9. The number of fused-ring (bicyclic) bond motifs is 1. The highest BCUT2D eigenvalue weighted by Crippen LogP contribution is 2.27. The van der Waals surface area contributed by atoms with Gasteiger partial charge in [0.05, 0.1) is 30.6 Å². The van der Waals surface area contributed by atoms with Crippen LogP contribution in [0.15, 0.2) is 36.8 Å². The van der Waals surface area contributed by atoms with E-state index in [4.69, 9.17) is 4.74 Å². The average molecular weight is 325 g/mol. The van der Waals surface area contributed by atoms with Crippen LogP contribution in [-0.2, 0) is 11.3 Å². The zero-order chi connectivity index (χ0) is 16.9. The van der Waals surface area contributed by atoms with Crippen molar-refractivity contribution in [1.29, 1.82) is 0 Å². The lowest BCUT2D eigenvalue weighted by molar-refractivity contribution is 0.0527. The summed E-state index contributed by atoms with van der Waals surface area (Å²) in [5.41, 5.74) is 3.11. The van der Waals surface area contributed by atoms with E-state index >= 15 is 0 Å². The van der Waals surface area contributed by atoms with Gasteiger partial charge in [-0.25, -0.2) is 4.79 Å². The monoisotopic (exact) mass is 325 g/mol. The normalized spacial score (nSPS) is 10.8. The van der Waals surface area contributed by atoms with Crippen molar-refractivity contribution >= 4 is 22.6 Å². The molecular formula is C17H19N5O2. The van der Waals surface area contributed by atoms with E-state index in [2.05, 4.69) is 20.6 Å². The van der Waals surface area contributed by atoms with Crippen LogP contribution in [0.25, 0.3) is 10.9 Å². The minimum atomic E-state index is -0.378. The average Bonchev–Trinajstić information content (AvgIpc) is 3.08. The van der Waals surface area contributed by atoms with E-state index in [1.54, 1.807) is 30.2 Å². The van der Waals surface area contributed by atoms with Crippen LogP contribution in [0.2, 0.25) is 0 Å². The van der Waals surface area contributed by atoms with Gasteiger partial charge in [-0.3, -0.25) is 9.67 Å². The molecule has 0 spiro atoms. The third kappa shape index (κ3) is 3.34. The lowest BCUT2D eigenvalue weighted by Crippen LogP contribution is -2.15. The molecule has 0 aliphatic heterocycles. The third-order valence-corrected chi connectivity index (χ3v) is 3.63. The number of hydrogen-bond donors (Lipinski definition) is 1. The molecule has 124 valence electrons. The van der Waals surface area contributed by atoms with Crippen LogP contribution in [0.3, 0.4) is 0 Å². The molecule has 0 unspecified atom stereocenters. The number of ether oxygens (including phenoxy) is 1. The minimum absolute atomic E-state index is 0.323. The van der Waals surface area contributed by atoms with Crippen molar-refractivity contribution in [3.63, 3.8) is 0 Å². The maximum Gasteiger partial charge on any atom is 0.341 e. The van der Waals surface area contributed by atoms with Crippen LogP contribution < -0.4 is 5.32 Å². The van der Waals surface area contributed by atoms with Crippen LogP contribution in [0, 0.1) is 6.92 Å². The van der Waals surface area contributed by atoms with Gasteiger partial charge in [0, 0.05) is 24.3 Å². The Labute approximate surface area is 139 Å². The molecule has 0 fully saturated rings.